The molecule has 1 aromatic rings. The van der Waals surface area contributed by atoms with Crippen LogP contribution in [0.4, 0.5) is 0 Å². The Kier molecular flexibility index (Phi) is 7.91. The van der Waals surface area contributed by atoms with Crippen molar-refractivity contribution in [1.82, 2.24) is 20.4 Å². The summed E-state index contributed by atoms with van der Waals surface area (Å²) < 4.78 is 6.08. The van der Waals surface area contributed by atoms with E-state index < -0.39 is 6.04 Å². The van der Waals surface area contributed by atoms with Gasteiger partial charge in [0.05, 0.1) is 6.10 Å². The molecule has 4 fully saturated rings. The first kappa shape index (κ1) is 25.2. The molecule has 196 valence electrons. The van der Waals surface area contributed by atoms with E-state index in [0.717, 1.165) is 36.0 Å². The molecule has 4 aliphatic heterocycles. The van der Waals surface area contributed by atoms with Crippen molar-refractivity contribution in [1.29, 1.82) is 0 Å². The Morgan fingerprint density at radius 3 is 2.33 bits per heavy atom. The summed E-state index contributed by atoms with van der Waals surface area (Å²) in [5.74, 6) is 2.05. The fourth-order valence-electron chi connectivity index (χ4n) is 6.14. The molecule has 36 heavy (non-hydrogen) atoms. The topological polar surface area (TPSA) is 91.0 Å². The van der Waals surface area contributed by atoms with Crippen molar-refractivity contribution < 1.29 is 19.1 Å². The number of amides is 3. The molecule has 6 rings (SSSR count). The van der Waals surface area contributed by atoms with Crippen LogP contribution in [0.15, 0.2) is 18.2 Å². The molecule has 8 nitrogen and oxygen atoms in total. The molecule has 1 aliphatic carbocycles. The zero-order valence-electron chi connectivity index (χ0n) is 21.5. The van der Waals surface area contributed by atoms with Gasteiger partial charge >= 0.3 is 0 Å². The quantitative estimate of drug-likeness (QED) is 0.623. The number of piperidine rings is 2. The van der Waals surface area contributed by atoms with Crippen molar-refractivity contribution in [2.75, 3.05) is 33.2 Å². The summed E-state index contributed by atoms with van der Waals surface area (Å²) in [6.07, 6.45) is 9.63. The molecule has 5 aliphatic rings. The summed E-state index contributed by atoms with van der Waals surface area (Å²) in [5.41, 5.74) is 1.52. The van der Waals surface area contributed by atoms with Crippen molar-refractivity contribution in [3.05, 3.63) is 29.3 Å². The molecule has 0 radical (unpaired) electrons. The van der Waals surface area contributed by atoms with Crippen LogP contribution in [-0.4, -0.2) is 72.9 Å². The second kappa shape index (κ2) is 11.3. The molecule has 3 amide bonds. The average Bonchev–Trinajstić information content (AvgIpc) is 3.16. The normalized spacial score (nSPS) is 26.1. The third kappa shape index (κ3) is 5.75. The molecular formula is C28H40N4O4. The van der Waals surface area contributed by atoms with Crippen LogP contribution in [0.3, 0.4) is 0 Å². The van der Waals surface area contributed by atoms with Crippen LogP contribution in [0, 0.1) is 11.8 Å². The molecule has 1 aromatic carbocycles. The van der Waals surface area contributed by atoms with Gasteiger partial charge in [0, 0.05) is 18.5 Å². The van der Waals surface area contributed by atoms with Gasteiger partial charge in [-0.3, -0.25) is 19.7 Å². The van der Waals surface area contributed by atoms with E-state index in [2.05, 4.69) is 22.6 Å². The highest BCUT2D eigenvalue weighted by molar-refractivity contribution is 6.05. The molecule has 1 saturated carbocycles. The monoisotopic (exact) mass is 496 g/mol. The second-order valence-corrected chi connectivity index (χ2v) is 11.2. The van der Waals surface area contributed by atoms with Crippen LogP contribution in [0.5, 0.6) is 5.75 Å². The number of imide groups is 1. The number of likely N-dealkylation sites (tertiary alicyclic amines) is 1. The third-order valence-electron chi connectivity index (χ3n) is 8.59. The van der Waals surface area contributed by atoms with Gasteiger partial charge in [-0.1, -0.05) is 6.42 Å². The van der Waals surface area contributed by atoms with E-state index in [-0.39, 0.29) is 30.2 Å². The average molecular weight is 497 g/mol. The van der Waals surface area contributed by atoms with E-state index in [1.165, 1.54) is 58.3 Å². The third-order valence-corrected chi connectivity index (χ3v) is 8.59. The van der Waals surface area contributed by atoms with E-state index in [1.54, 1.807) is 11.0 Å². The summed E-state index contributed by atoms with van der Waals surface area (Å²) >= 11 is 0. The lowest BCUT2D eigenvalue weighted by Crippen LogP contribution is -2.52. The van der Waals surface area contributed by atoms with Gasteiger partial charge in [0.2, 0.25) is 11.8 Å². The van der Waals surface area contributed by atoms with E-state index in [0.29, 0.717) is 18.5 Å². The molecule has 0 bridgehead atoms. The number of hydrogen-bond donors (Lipinski definition) is 2. The van der Waals surface area contributed by atoms with Gasteiger partial charge in [0.25, 0.3) is 5.91 Å². The maximum Gasteiger partial charge on any atom is 0.255 e. The smallest absolute Gasteiger partial charge is 0.255 e. The molecule has 4 heterocycles. The Hall–Kier alpha value is -2.45. The predicted octanol–water partition coefficient (Wildman–Crippen LogP) is 2.71. The molecule has 1 unspecified atom stereocenters. The Labute approximate surface area is 214 Å². The molecular weight excluding hydrogens is 456 g/mol. The molecule has 2 N–H and O–H groups in total. The Morgan fingerprint density at radius 2 is 1.67 bits per heavy atom. The number of carbonyl (C=O) groups is 3. The van der Waals surface area contributed by atoms with Crippen LogP contribution in [0.2, 0.25) is 0 Å². The minimum atomic E-state index is -0.569. The molecule has 8 heteroatoms. The maximum atomic E-state index is 12.6. The molecule has 1 atom stereocenters. The number of nitrogens with one attached hydrogen (secondary N) is 2. The van der Waals surface area contributed by atoms with Crippen molar-refractivity contribution >= 4 is 17.7 Å². The minimum absolute atomic E-state index is 0.145. The lowest BCUT2D eigenvalue weighted by molar-refractivity contribution is -0.136. The van der Waals surface area contributed by atoms with Crippen LogP contribution in [-0.2, 0) is 16.1 Å². The van der Waals surface area contributed by atoms with Gasteiger partial charge in [-0.05, 0) is 114 Å². The van der Waals surface area contributed by atoms with Gasteiger partial charge in [-0.2, -0.15) is 0 Å². The number of ether oxygens (including phenoxy) is 1. The standard InChI is InChI=1S/C19H22N2O4.C9H18N2/c22-17-9-8-16(18(23)20-17)21-11-12-10-14(6-7-15(12)19(21)24)25-13-4-2-1-3-5-13;1-11-4-2-8(3-5-11)9-6-10-7-9/h6-7,10,13,16H,1-5,8-9,11H2,(H,20,22,23);8-10H,2-7H2,1H3. The first-order chi connectivity index (χ1) is 17.5. The summed E-state index contributed by atoms with van der Waals surface area (Å²) in [6.45, 7) is 5.60. The lowest BCUT2D eigenvalue weighted by atomic mass is 9.81. The fraction of sp³-hybridized carbons (Fsp3) is 0.679. The zero-order valence-corrected chi connectivity index (χ0v) is 21.5. The number of hydrogen-bond acceptors (Lipinski definition) is 6. The molecule has 0 spiro atoms. The van der Waals surface area contributed by atoms with Gasteiger partial charge in [-0.15, -0.1) is 0 Å². The van der Waals surface area contributed by atoms with E-state index >= 15 is 0 Å². The van der Waals surface area contributed by atoms with Crippen molar-refractivity contribution in [2.45, 2.75) is 76.5 Å². The SMILES string of the molecule is CN1CCC(C2CNC2)CC1.O=C1CCC(N2Cc3cc(OC4CCCCC4)ccc3C2=O)C(=O)N1. The van der Waals surface area contributed by atoms with E-state index in [4.69, 9.17) is 4.74 Å². The van der Waals surface area contributed by atoms with Gasteiger partial charge in [-0.25, -0.2) is 0 Å². The highest BCUT2D eigenvalue weighted by atomic mass is 16.5. The number of benzene rings is 1. The summed E-state index contributed by atoms with van der Waals surface area (Å²) in [6, 6.07) is 5.00. The Bertz CT molecular complexity index is 964. The van der Waals surface area contributed by atoms with Gasteiger partial charge < -0.3 is 19.9 Å². The van der Waals surface area contributed by atoms with Crippen molar-refractivity contribution in [3.8, 4) is 5.75 Å². The summed E-state index contributed by atoms with van der Waals surface area (Å²) in [5, 5.41) is 5.68. The van der Waals surface area contributed by atoms with E-state index in [9.17, 15) is 14.4 Å². The minimum Gasteiger partial charge on any atom is -0.490 e. The van der Waals surface area contributed by atoms with Crippen LogP contribution in [0.25, 0.3) is 0 Å². The number of fused-ring (bicyclic) bond motifs is 1. The second-order valence-electron chi connectivity index (χ2n) is 11.2. The van der Waals surface area contributed by atoms with Gasteiger partial charge in [0.15, 0.2) is 0 Å². The Morgan fingerprint density at radius 1 is 0.917 bits per heavy atom. The first-order valence-electron chi connectivity index (χ1n) is 13.8. The number of nitrogens with zero attached hydrogens (tertiary/aromatic N) is 2. The van der Waals surface area contributed by atoms with Gasteiger partial charge in [0.1, 0.15) is 11.8 Å². The van der Waals surface area contributed by atoms with Crippen LogP contribution >= 0.6 is 0 Å². The number of carbonyl (C=O) groups excluding carboxylic acids is 3. The predicted molar refractivity (Wildman–Crippen MR) is 137 cm³/mol. The largest absolute Gasteiger partial charge is 0.490 e. The van der Waals surface area contributed by atoms with E-state index in [1.807, 2.05) is 12.1 Å². The highest BCUT2D eigenvalue weighted by Gasteiger charge is 2.39. The molecule has 3 saturated heterocycles. The maximum absolute atomic E-state index is 12.6. The summed E-state index contributed by atoms with van der Waals surface area (Å²) in [4.78, 5) is 40.0. The van der Waals surface area contributed by atoms with Crippen molar-refractivity contribution in [2.24, 2.45) is 11.8 Å². The van der Waals surface area contributed by atoms with Crippen molar-refractivity contribution in [3.63, 3.8) is 0 Å². The Balaban J connectivity index is 0.000000202. The highest BCUT2D eigenvalue weighted by Crippen LogP contribution is 2.32. The van der Waals surface area contributed by atoms with Crippen LogP contribution in [0.1, 0.15) is 73.7 Å². The number of rotatable bonds is 4. The lowest BCUT2D eigenvalue weighted by Gasteiger charge is -2.39. The fourth-order valence-corrected chi connectivity index (χ4v) is 6.14. The zero-order chi connectivity index (χ0) is 25.1. The summed E-state index contributed by atoms with van der Waals surface area (Å²) in [7, 11) is 2.23. The van der Waals surface area contributed by atoms with Crippen LogP contribution < -0.4 is 15.4 Å². The molecule has 0 aromatic heterocycles. The first-order valence-corrected chi connectivity index (χ1v) is 13.8.